The summed E-state index contributed by atoms with van der Waals surface area (Å²) >= 11 is 11.9. The molecule has 150 valence electrons. The van der Waals surface area contributed by atoms with E-state index in [1.54, 1.807) is 18.2 Å². The van der Waals surface area contributed by atoms with Gasteiger partial charge in [-0.1, -0.05) is 59.6 Å². The standard InChI is InChI=1S/C21H18Cl2N2O3S/c1-14(15-6-3-2-4-7-15)24-21(26)16-8-5-9-18(12-16)25-29(27,28)20-13-17(22)10-11-19(20)23/h2-14,25H,1H3,(H,24,26). The fraction of sp³-hybridized carbons (Fsp3) is 0.0952. The van der Waals surface area contributed by atoms with Crippen molar-refractivity contribution in [2.24, 2.45) is 0 Å². The molecule has 0 fully saturated rings. The van der Waals surface area contributed by atoms with Crippen molar-refractivity contribution in [3.8, 4) is 0 Å². The molecule has 0 bridgehead atoms. The monoisotopic (exact) mass is 448 g/mol. The maximum Gasteiger partial charge on any atom is 0.263 e. The number of carbonyl (C=O) groups is 1. The third-order valence-corrected chi connectivity index (χ3v) is 6.30. The number of sulfonamides is 1. The van der Waals surface area contributed by atoms with Crippen molar-refractivity contribution in [2.45, 2.75) is 17.9 Å². The van der Waals surface area contributed by atoms with E-state index in [2.05, 4.69) is 10.0 Å². The third kappa shape index (κ3) is 5.29. The molecule has 1 amide bonds. The summed E-state index contributed by atoms with van der Waals surface area (Å²) in [5.41, 5.74) is 1.53. The van der Waals surface area contributed by atoms with Crippen LogP contribution in [0.1, 0.15) is 28.9 Å². The lowest BCUT2D eigenvalue weighted by Crippen LogP contribution is -2.26. The predicted molar refractivity (Wildman–Crippen MR) is 116 cm³/mol. The minimum absolute atomic E-state index is 0.0486. The molecule has 0 radical (unpaired) electrons. The number of amides is 1. The van der Waals surface area contributed by atoms with E-state index in [1.165, 1.54) is 24.3 Å². The molecule has 3 rings (SSSR count). The highest BCUT2D eigenvalue weighted by Crippen LogP contribution is 2.27. The number of rotatable bonds is 6. The zero-order chi connectivity index (χ0) is 21.0. The van der Waals surface area contributed by atoms with Crippen LogP contribution in [-0.2, 0) is 10.0 Å². The summed E-state index contributed by atoms with van der Waals surface area (Å²) in [5, 5.41) is 3.19. The van der Waals surface area contributed by atoms with Crippen LogP contribution in [0.25, 0.3) is 0 Å². The first-order valence-electron chi connectivity index (χ1n) is 8.70. The van der Waals surface area contributed by atoms with E-state index >= 15 is 0 Å². The van der Waals surface area contributed by atoms with Crippen LogP contribution in [-0.4, -0.2) is 14.3 Å². The molecule has 0 spiro atoms. The Morgan fingerprint density at radius 3 is 2.38 bits per heavy atom. The third-order valence-electron chi connectivity index (χ3n) is 4.21. The minimum atomic E-state index is -3.97. The maximum absolute atomic E-state index is 12.7. The number of anilines is 1. The molecule has 0 saturated carbocycles. The molecule has 8 heteroatoms. The number of hydrogen-bond donors (Lipinski definition) is 2. The highest BCUT2D eigenvalue weighted by atomic mass is 35.5. The highest BCUT2D eigenvalue weighted by molar-refractivity contribution is 7.92. The zero-order valence-corrected chi connectivity index (χ0v) is 17.7. The Morgan fingerprint density at radius 1 is 0.931 bits per heavy atom. The van der Waals surface area contributed by atoms with Crippen molar-refractivity contribution in [1.29, 1.82) is 0 Å². The van der Waals surface area contributed by atoms with E-state index in [-0.39, 0.29) is 32.6 Å². The summed E-state index contributed by atoms with van der Waals surface area (Å²) in [6.45, 7) is 1.88. The summed E-state index contributed by atoms with van der Waals surface area (Å²) in [6, 6.07) is 19.7. The molecule has 0 aliphatic carbocycles. The number of nitrogens with one attached hydrogen (secondary N) is 2. The lowest BCUT2D eigenvalue weighted by atomic mass is 10.1. The average molecular weight is 449 g/mol. The number of carbonyl (C=O) groups excluding carboxylic acids is 1. The highest BCUT2D eigenvalue weighted by Gasteiger charge is 2.19. The van der Waals surface area contributed by atoms with Gasteiger partial charge in [0, 0.05) is 16.3 Å². The molecule has 29 heavy (non-hydrogen) atoms. The summed E-state index contributed by atoms with van der Waals surface area (Å²) in [6.07, 6.45) is 0. The van der Waals surface area contributed by atoms with Crippen LogP contribution in [0.4, 0.5) is 5.69 Å². The molecule has 0 aromatic heterocycles. The van der Waals surface area contributed by atoms with E-state index < -0.39 is 10.0 Å². The van der Waals surface area contributed by atoms with Gasteiger partial charge >= 0.3 is 0 Å². The average Bonchev–Trinajstić information content (AvgIpc) is 2.70. The first-order valence-corrected chi connectivity index (χ1v) is 10.9. The van der Waals surface area contributed by atoms with Crippen molar-refractivity contribution in [2.75, 3.05) is 4.72 Å². The van der Waals surface area contributed by atoms with E-state index in [0.29, 0.717) is 5.56 Å². The molecular formula is C21H18Cl2N2O3S. The molecule has 1 unspecified atom stereocenters. The van der Waals surface area contributed by atoms with Gasteiger partial charge in [0.25, 0.3) is 15.9 Å². The molecule has 0 saturated heterocycles. The van der Waals surface area contributed by atoms with Crippen LogP contribution in [0.5, 0.6) is 0 Å². The minimum Gasteiger partial charge on any atom is -0.346 e. The topological polar surface area (TPSA) is 75.3 Å². The van der Waals surface area contributed by atoms with Gasteiger partial charge < -0.3 is 5.32 Å². The Balaban J connectivity index is 1.79. The van der Waals surface area contributed by atoms with Crippen LogP contribution in [0.2, 0.25) is 10.0 Å². The normalized spacial score (nSPS) is 12.2. The fourth-order valence-electron chi connectivity index (χ4n) is 2.72. The van der Waals surface area contributed by atoms with Gasteiger partial charge in [0.05, 0.1) is 11.1 Å². The van der Waals surface area contributed by atoms with Gasteiger partial charge in [0.15, 0.2) is 0 Å². The molecule has 0 heterocycles. The summed E-state index contributed by atoms with van der Waals surface area (Å²) < 4.78 is 27.8. The first kappa shape index (κ1) is 21.2. The Kier molecular flexibility index (Phi) is 6.47. The maximum atomic E-state index is 12.7. The van der Waals surface area contributed by atoms with Crippen molar-refractivity contribution in [1.82, 2.24) is 5.32 Å². The molecular weight excluding hydrogens is 431 g/mol. The molecule has 0 aliphatic rings. The van der Waals surface area contributed by atoms with E-state index in [1.807, 2.05) is 37.3 Å². The zero-order valence-electron chi connectivity index (χ0n) is 15.4. The second kappa shape index (κ2) is 8.86. The molecule has 2 N–H and O–H groups in total. The van der Waals surface area contributed by atoms with Crippen LogP contribution >= 0.6 is 23.2 Å². The van der Waals surface area contributed by atoms with Gasteiger partial charge in [-0.05, 0) is 48.9 Å². The fourth-order valence-corrected chi connectivity index (χ4v) is 4.54. The number of benzene rings is 3. The predicted octanol–water partition coefficient (Wildman–Crippen LogP) is 5.29. The molecule has 0 aliphatic heterocycles. The van der Waals surface area contributed by atoms with Gasteiger partial charge in [0.1, 0.15) is 4.90 Å². The Labute approximate surface area is 179 Å². The summed E-state index contributed by atoms with van der Waals surface area (Å²) in [5.74, 6) is -0.316. The van der Waals surface area contributed by atoms with Crippen molar-refractivity contribution < 1.29 is 13.2 Å². The molecule has 1 atom stereocenters. The molecule has 5 nitrogen and oxygen atoms in total. The first-order chi connectivity index (χ1) is 13.8. The van der Waals surface area contributed by atoms with Crippen molar-refractivity contribution >= 4 is 44.8 Å². The summed E-state index contributed by atoms with van der Waals surface area (Å²) in [4.78, 5) is 12.4. The van der Waals surface area contributed by atoms with E-state index in [4.69, 9.17) is 23.2 Å². The molecule has 3 aromatic rings. The summed E-state index contributed by atoms with van der Waals surface area (Å²) in [7, 11) is -3.97. The Hall–Kier alpha value is -2.54. The Morgan fingerprint density at radius 2 is 1.66 bits per heavy atom. The smallest absolute Gasteiger partial charge is 0.263 e. The van der Waals surface area contributed by atoms with E-state index in [0.717, 1.165) is 5.56 Å². The van der Waals surface area contributed by atoms with Gasteiger partial charge in [-0.15, -0.1) is 0 Å². The lowest BCUT2D eigenvalue weighted by Gasteiger charge is -2.15. The second-order valence-electron chi connectivity index (χ2n) is 6.37. The largest absolute Gasteiger partial charge is 0.346 e. The van der Waals surface area contributed by atoms with Crippen molar-refractivity contribution in [3.05, 3.63) is 94.0 Å². The lowest BCUT2D eigenvalue weighted by molar-refractivity contribution is 0.0940. The van der Waals surface area contributed by atoms with E-state index in [9.17, 15) is 13.2 Å². The van der Waals surface area contributed by atoms with Crippen LogP contribution in [0.15, 0.2) is 77.7 Å². The van der Waals surface area contributed by atoms with Crippen LogP contribution in [0.3, 0.4) is 0 Å². The second-order valence-corrected chi connectivity index (χ2v) is 8.86. The van der Waals surface area contributed by atoms with Gasteiger partial charge in [0.2, 0.25) is 0 Å². The molecule has 3 aromatic carbocycles. The van der Waals surface area contributed by atoms with Gasteiger partial charge in [-0.3, -0.25) is 9.52 Å². The van der Waals surface area contributed by atoms with Gasteiger partial charge in [-0.25, -0.2) is 8.42 Å². The van der Waals surface area contributed by atoms with Crippen molar-refractivity contribution in [3.63, 3.8) is 0 Å². The Bertz CT molecular complexity index is 1140. The number of halogens is 2. The van der Waals surface area contributed by atoms with Gasteiger partial charge in [-0.2, -0.15) is 0 Å². The SMILES string of the molecule is CC(NC(=O)c1cccc(NS(=O)(=O)c2cc(Cl)ccc2Cl)c1)c1ccccc1. The van der Waals surface area contributed by atoms with Crippen LogP contribution < -0.4 is 10.0 Å². The number of hydrogen-bond acceptors (Lipinski definition) is 3. The quantitative estimate of drug-likeness (QED) is 0.537. The van der Waals surface area contributed by atoms with Crippen LogP contribution in [0, 0.1) is 0 Å².